The highest BCUT2D eigenvalue weighted by atomic mass is 32.1. The van der Waals surface area contributed by atoms with Gasteiger partial charge in [-0.15, -0.1) is 11.3 Å². The van der Waals surface area contributed by atoms with Crippen LogP contribution in [-0.4, -0.2) is 22.8 Å². The Kier molecular flexibility index (Phi) is 4.00. The molecule has 0 aliphatic heterocycles. The van der Waals surface area contributed by atoms with Crippen LogP contribution in [0, 0.1) is 13.8 Å². The van der Waals surface area contributed by atoms with Crippen molar-refractivity contribution in [1.82, 2.24) is 10.3 Å². The van der Waals surface area contributed by atoms with Gasteiger partial charge >= 0.3 is 0 Å². The maximum absolute atomic E-state index is 11.6. The Morgan fingerprint density at radius 3 is 2.44 bits per heavy atom. The fraction of sp³-hybridized carbons (Fsp3) is 0.500. The molecule has 0 aliphatic carbocycles. The molecule has 0 aliphatic rings. The van der Waals surface area contributed by atoms with Crippen molar-refractivity contribution in [2.75, 3.05) is 5.32 Å². The number of amides is 2. The number of thiazole rings is 1. The minimum absolute atomic E-state index is 0.228. The number of rotatable bonds is 3. The Hall–Kier alpha value is -1.43. The van der Waals surface area contributed by atoms with Crippen molar-refractivity contribution in [1.29, 1.82) is 0 Å². The summed E-state index contributed by atoms with van der Waals surface area (Å²) in [5.74, 6) is -0.488. The van der Waals surface area contributed by atoms with E-state index in [-0.39, 0.29) is 11.8 Å². The first kappa shape index (κ1) is 12.6. The first-order valence-electron chi connectivity index (χ1n) is 4.92. The molecule has 1 heterocycles. The lowest BCUT2D eigenvalue weighted by atomic mass is 10.3. The second-order valence-electron chi connectivity index (χ2n) is 3.57. The van der Waals surface area contributed by atoms with Crippen molar-refractivity contribution in [2.45, 2.75) is 33.7 Å². The van der Waals surface area contributed by atoms with Crippen molar-refractivity contribution in [2.24, 2.45) is 0 Å². The number of aryl methyl sites for hydroxylation is 2. The summed E-state index contributed by atoms with van der Waals surface area (Å²) in [6.45, 7) is 6.84. The summed E-state index contributed by atoms with van der Waals surface area (Å²) in [4.78, 5) is 27.6. The van der Waals surface area contributed by atoms with Crippen LogP contribution in [0.2, 0.25) is 0 Å². The predicted molar refractivity (Wildman–Crippen MR) is 63.5 cm³/mol. The van der Waals surface area contributed by atoms with Crippen LogP contribution in [0.1, 0.15) is 24.4 Å². The van der Waals surface area contributed by atoms with Crippen molar-refractivity contribution in [3.05, 3.63) is 10.6 Å². The molecule has 1 aromatic heterocycles. The third kappa shape index (κ3) is 3.30. The number of hydrogen-bond acceptors (Lipinski definition) is 4. The normalized spacial score (nSPS) is 12.0. The third-order valence-electron chi connectivity index (χ3n) is 2.07. The number of aromatic nitrogens is 1. The van der Waals surface area contributed by atoms with E-state index in [4.69, 9.17) is 0 Å². The molecule has 1 aromatic rings. The predicted octanol–water partition coefficient (Wildman–Crippen LogP) is 1.22. The van der Waals surface area contributed by atoms with E-state index in [1.807, 2.05) is 13.8 Å². The fourth-order valence-corrected chi connectivity index (χ4v) is 1.93. The fourth-order valence-electron chi connectivity index (χ4n) is 1.11. The van der Waals surface area contributed by atoms with Crippen molar-refractivity contribution >= 4 is 28.3 Å². The zero-order valence-electron chi connectivity index (χ0n) is 9.75. The van der Waals surface area contributed by atoms with Crippen LogP contribution in [0.3, 0.4) is 0 Å². The molecule has 5 nitrogen and oxygen atoms in total. The van der Waals surface area contributed by atoms with Gasteiger partial charge in [0.1, 0.15) is 6.04 Å². The average molecular weight is 241 g/mol. The molecular formula is C10H15N3O2S. The minimum atomic E-state index is -0.554. The van der Waals surface area contributed by atoms with E-state index in [9.17, 15) is 9.59 Å². The Bertz CT molecular complexity index is 395. The standard InChI is InChI=1S/C10H15N3O2S/c1-5-7(3)16-10(12-5)13-9(15)6(2)11-8(4)14/h6H,1-4H3,(H,11,14)(H,12,13,15). The maximum atomic E-state index is 11.6. The van der Waals surface area contributed by atoms with E-state index in [2.05, 4.69) is 15.6 Å². The summed E-state index contributed by atoms with van der Waals surface area (Å²) in [5.41, 5.74) is 0.910. The molecule has 2 amide bonds. The van der Waals surface area contributed by atoms with E-state index in [0.717, 1.165) is 10.6 Å². The molecule has 6 heteroatoms. The van der Waals surface area contributed by atoms with E-state index in [1.54, 1.807) is 6.92 Å². The van der Waals surface area contributed by atoms with Crippen LogP contribution >= 0.6 is 11.3 Å². The quantitative estimate of drug-likeness (QED) is 0.836. The lowest BCUT2D eigenvalue weighted by molar-refractivity contribution is -0.124. The number of carbonyl (C=O) groups is 2. The molecule has 2 N–H and O–H groups in total. The van der Waals surface area contributed by atoms with Crippen molar-refractivity contribution in [3.63, 3.8) is 0 Å². The molecule has 0 bridgehead atoms. The van der Waals surface area contributed by atoms with Crippen LogP contribution in [0.25, 0.3) is 0 Å². The van der Waals surface area contributed by atoms with Crippen LogP contribution in [0.15, 0.2) is 0 Å². The van der Waals surface area contributed by atoms with Gasteiger partial charge in [0.05, 0.1) is 5.69 Å². The van der Waals surface area contributed by atoms with Crippen LogP contribution in [-0.2, 0) is 9.59 Å². The SMILES string of the molecule is CC(=O)NC(C)C(=O)Nc1nc(C)c(C)s1. The lowest BCUT2D eigenvalue weighted by Gasteiger charge is -2.10. The van der Waals surface area contributed by atoms with Crippen molar-refractivity contribution in [3.8, 4) is 0 Å². The van der Waals surface area contributed by atoms with Crippen molar-refractivity contribution < 1.29 is 9.59 Å². The molecule has 88 valence electrons. The van der Waals surface area contributed by atoms with E-state index in [0.29, 0.717) is 5.13 Å². The number of carbonyl (C=O) groups excluding carboxylic acids is 2. The molecule has 0 radical (unpaired) electrons. The Labute approximate surface area is 98.3 Å². The summed E-state index contributed by atoms with van der Waals surface area (Å²) in [6, 6.07) is -0.554. The molecule has 0 saturated carbocycles. The molecule has 0 aromatic carbocycles. The monoisotopic (exact) mass is 241 g/mol. The second-order valence-corrected chi connectivity index (χ2v) is 4.78. The van der Waals surface area contributed by atoms with Gasteiger partial charge in [-0.3, -0.25) is 9.59 Å². The van der Waals surface area contributed by atoms with Gasteiger partial charge in [-0.05, 0) is 20.8 Å². The topological polar surface area (TPSA) is 71.1 Å². The molecule has 1 unspecified atom stereocenters. The highest BCUT2D eigenvalue weighted by Crippen LogP contribution is 2.20. The summed E-state index contributed by atoms with van der Waals surface area (Å²) in [6.07, 6.45) is 0. The average Bonchev–Trinajstić information content (AvgIpc) is 2.44. The van der Waals surface area contributed by atoms with Gasteiger partial charge in [0, 0.05) is 11.8 Å². The number of hydrogen-bond donors (Lipinski definition) is 2. The third-order valence-corrected chi connectivity index (χ3v) is 3.06. The first-order valence-corrected chi connectivity index (χ1v) is 5.73. The smallest absolute Gasteiger partial charge is 0.248 e. The molecule has 1 rings (SSSR count). The zero-order valence-corrected chi connectivity index (χ0v) is 10.6. The Balaban J connectivity index is 2.60. The van der Waals surface area contributed by atoms with Gasteiger partial charge < -0.3 is 10.6 Å². The zero-order chi connectivity index (χ0) is 12.3. The highest BCUT2D eigenvalue weighted by molar-refractivity contribution is 7.15. The van der Waals surface area contributed by atoms with Gasteiger partial charge in [-0.2, -0.15) is 0 Å². The lowest BCUT2D eigenvalue weighted by Crippen LogP contribution is -2.40. The molecule has 0 fully saturated rings. The maximum Gasteiger partial charge on any atom is 0.248 e. The largest absolute Gasteiger partial charge is 0.345 e. The molecule has 0 spiro atoms. The highest BCUT2D eigenvalue weighted by Gasteiger charge is 2.15. The molecular weight excluding hydrogens is 226 g/mol. The number of nitrogens with one attached hydrogen (secondary N) is 2. The van der Waals surface area contributed by atoms with E-state index < -0.39 is 6.04 Å². The summed E-state index contributed by atoms with van der Waals surface area (Å²) in [7, 11) is 0. The van der Waals surface area contributed by atoms with Gasteiger partial charge in [-0.1, -0.05) is 0 Å². The number of nitrogens with zero attached hydrogens (tertiary/aromatic N) is 1. The Morgan fingerprint density at radius 2 is 2.00 bits per heavy atom. The second kappa shape index (κ2) is 5.07. The Morgan fingerprint density at radius 1 is 1.38 bits per heavy atom. The summed E-state index contributed by atoms with van der Waals surface area (Å²) in [5, 5.41) is 5.74. The van der Waals surface area contributed by atoms with E-state index >= 15 is 0 Å². The summed E-state index contributed by atoms with van der Waals surface area (Å²) >= 11 is 1.42. The molecule has 16 heavy (non-hydrogen) atoms. The molecule has 1 atom stereocenters. The van der Waals surface area contributed by atoms with Crippen LogP contribution in [0.4, 0.5) is 5.13 Å². The summed E-state index contributed by atoms with van der Waals surface area (Å²) < 4.78 is 0. The number of anilines is 1. The van der Waals surface area contributed by atoms with Gasteiger partial charge in [-0.25, -0.2) is 4.98 Å². The van der Waals surface area contributed by atoms with Gasteiger partial charge in [0.25, 0.3) is 0 Å². The van der Waals surface area contributed by atoms with Gasteiger partial charge in [0.15, 0.2) is 5.13 Å². The van der Waals surface area contributed by atoms with E-state index in [1.165, 1.54) is 18.3 Å². The van der Waals surface area contributed by atoms with Gasteiger partial charge in [0.2, 0.25) is 11.8 Å². The minimum Gasteiger partial charge on any atom is -0.345 e. The first-order chi connectivity index (χ1) is 7.40. The molecule has 0 saturated heterocycles. The van der Waals surface area contributed by atoms with Crippen LogP contribution < -0.4 is 10.6 Å². The van der Waals surface area contributed by atoms with Crippen LogP contribution in [0.5, 0.6) is 0 Å².